The van der Waals surface area contributed by atoms with Gasteiger partial charge in [-0.2, -0.15) is 0 Å². The molecule has 0 unspecified atom stereocenters. The molecule has 0 aliphatic rings. The lowest BCUT2D eigenvalue weighted by atomic mass is 10.1. The monoisotopic (exact) mass is 381 g/mol. The minimum absolute atomic E-state index is 0.180. The Labute approximate surface area is 158 Å². The van der Waals surface area contributed by atoms with Crippen molar-refractivity contribution in [3.05, 3.63) is 63.6 Å². The van der Waals surface area contributed by atoms with Gasteiger partial charge in [0.1, 0.15) is 12.4 Å². The second kappa shape index (κ2) is 10.3. The van der Waals surface area contributed by atoms with E-state index < -0.39 is 0 Å². The number of nitrogens with one attached hydrogen (secondary N) is 1. The molecule has 0 aliphatic carbocycles. The Balaban J connectivity index is 1.89. The Morgan fingerprint density at radius 3 is 2.52 bits per heavy atom. The Morgan fingerprint density at radius 1 is 1.08 bits per heavy atom. The molecule has 0 aliphatic heterocycles. The maximum Gasteiger partial charge on any atom is 0.255 e. The van der Waals surface area contributed by atoms with Crippen LogP contribution in [0.1, 0.15) is 22.8 Å². The van der Waals surface area contributed by atoms with Gasteiger partial charge in [-0.05, 0) is 49.2 Å². The second-order valence-electron chi connectivity index (χ2n) is 5.33. The van der Waals surface area contributed by atoms with Gasteiger partial charge in [0, 0.05) is 23.2 Å². The molecule has 1 amide bonds. The number of carbonyl (C=O) groups is 1. The molecule has 6 heteroatoms. The lowest BCUT2D eigenvalue weighted by Crippen LogP contribution is -2.26. The maximum atomic E-state index is 12.4. The van der Waals surface area contributed by atoms with E-state index in [2.05, 4.69) is 5.32 Å². The highest BCUT2D eigenvalue weighted by Gasteiger charge is 2.11. The highest BCUT2D eigenvalue weighted by Crippen LogP contribution is 2.20. The minimum atomic E-state index is -0.180. The molecular formula is C19H21Cl2NO3. The van der Waals surface area contributed by atoms with E-state index in [9.17, 15) is 4.79 Å². The Hall–Kier alpha value is -1.75. The first kappa shape index (κ1) is 19.6. The zero-order valence-corrected chi connectivity index (χ0v) is 15.6. The van der Waals surface area contributed by atoms with Gasteiger partial charge in [-0.1, -0.05) is 35.3 Å². The fourth-order valence-electron chi connectivity index (χ4n) is 2.31. The van der Waals surface area contributed by atoms with Crippen LogP contribution in [0.25, 0.3) is 0 Å². The van der Waals surface area contributed by atoms with Crippen LogP contribution in [-0.2, 0) is 11.2 Å². The van der Waals surface area contributed by atoms with Crippen molar-refractivity contribution < 1.29 is 14.3 Å². The summed E-state index contributed by atoms with van der Waals surface area (Å²) in [4.78, 5) is 12.4. The summed E-state index contributed by atoms with van der Waals surface area (Å²) < 4.78 is 10.9. The summed E-state index contributed by atoms with van der Waals surface area (Å²) >= 11 is 12.0. The molecule has 2 aromatic rings. The second-order valence-corrected chi connectivity index (χ2v) is 6.20. The van der Waals surface area contributed by atoms with Crippen LogP contribution in [0.5, 0.6) is 5.75 Å². The topological polar surface area (TPSA) is 47.6 Å². The van der Waals surface area contributed by atoms with E-state index in [-0.39, 0.29) is 5.91 Å². The van der Waals surface area contributed by atoms with Gasteiger partial charge in [-0.3, -0.25) is 4.79 Å². The van der Waals surface area contributed by atoms with E-state index in [4.69, 9.17) is 32.7 Å². The molecule has 0 spiro atoms. The van der Waals surface area contributed by atoms with E-state index in [1.807, 2.05) is 25.1 Å². The first-order valence-corrected chi connectivity index (χ1v) is 8.88. The summed E-state index contributed by atoms with van der Waals surface area (Å²) in [7, 11) is 0. The average Bonchev–Trinajstić information content (AvgIpc) is 2.58. The lowest BCUT2D eigenvalue weighted by molar-refractivity contribution is 0.0937. The third-order valence-electron chi connectivity index (χ3n) is 3.44. The third-order valence-corrected chi connectivity index (χ3v) is 3.88. The average molecular weight is 382 g/mol. The van der Waals surface area contributed by atoms with Crippen molar-refractivity contribution >= 4 is 29.1 Å². The lowest BCUT2D eigenvalue weighted by Gasteiger charge is -2.12. The van der Waals surface area contributed by atoms with Crippen LogP contribution in [0.4, 0.5) is 0 Å². The van der Waals surface area contributed by atoms with Gasteiger partial charge in [0.05, 0.1) is 12.2 Å². The number of amides is 1. The normalized spacial score (nSPS) is 10.5. The number of halogens is 2. The SMILES string of the molecule is CCOCCOc1ccccc1C(=O)NCCc1cc(Cl)cc(Cl)c1. The minimum Gasteiger partial charge on any atom is -0.490 e. The first-order valence-electron chi connectivity index (χ1n) is 8.13. The molecule has 2 aromatic carbocycles. The molecule has 0 saturated heterocycles. The Bertz CT molecular complexity index is 687. The number of ether oxygens (including phenoxy) is 2. The molecule has 2 rings (SSSR count). The molecule has 0 saturated carbocycles. The summed E-state index contributed by atoms with van der Waals surface area (Å²) in [6.07, 6.45) is 0.638. The number of carbonyl (C=O) groups excluding carboxylic acids is 1. The van der Waals surface area contributed by atoms with E-state index in [0.29, 0.717) is 54.1 Å². The van der Waals surface area contributed by atoms with Gasteiger partial charge in [0.15, 0.2) is 0 Å². The van der Waals surface area contributed by atoms with Crippen LogP contribution in [0, 0.1) is 0 Å². The summed E-state index contributed by atoms with van der Waals surface area (Å²) in [5.74, 6) is 0.366. The van der Waals surface area contributed by atoms with Crippen molar-refractivity contribution in [3.8, 4) is 5.75 Å². The molecule has 0 fully saturated rings. The number of benzene rings is 2. The summed E-state index contributed by atoms with van der Waals surface area (Å²) in [5, 5.41) is 4.06. The highest BCUT2D eigenvalue weighted by atomic mass is 35.5. The molecule has 0 radical (unpaired) electrons. The molecule has 1 N–H and O–H groups in total. The predicted molar refractivity (Wildman–Crippen MR) is 101 cm³/mol. The summed E-state index contributed by atoms with van der Waals surface area (Å²) in [6.45, 7) is 3.93. The van der Waals surface area contributed by atoms with Crippen LogP contribution in [0.3, 0.4) is 0 Å². The molecule has 0 atom stereocenters. The van der Waals surface area contributed by atoms with Crippen LogP contribution in [0.15, 0.2) is 42.5 Å². The summed E-state index contributed by atoms with van der Waals surface area (Å²) in [6, 6.07) is 12.5. The molecule has 25 heavy (non-hydrogen) atoms. The van der Waals surface area contributed by atoms with Gasteiger partial charge in [-0.25, -0.2) is 0 Å². The molecule has 0 heterocycles. The number of hydrogen-bond acceptors (Lipinski definition) is 3. The number of hydrogen-bond donors (Lipinski definition) is 1. The van der Waals surface area contributed by atoms with Gasteiger partial charge < -0.3 is 14.8 Å². The molecule has 134 valence electrons. The zero-order chi connectivity index (χ0) is 18.1. The molecule has 0 bridgehead atoms. The van der Waals surface area contributed by atoms with E-state index in [1.165, 1.54) is 0 Å². The third kappa shape index (κ3) is 6.58. The first-order chi connectivity index (χ1) is 12.1. The van der Waals surface area contributed by atoms with Crippen LogP contribution >= 0.6 is 23.2 Å². The smallest absolute Gasteiger partial charge is 0.255 e. The van der Waals surface area contributed by atoms with Crippen molar-refractivity contribution in [1.29, 1.82) is 0 Å². The van der Waals surface area contributed by atoms with Gasteiger partial charge >= 0.3 is 0 Å². The number of para-hydroxylation sites is 1. The molecule has 0 aromatic heterocycles. The van der Waals surface area contributed by atoms with E-state index >= 15 is 0 Å². The van der Waals surface area contributed by atoms with Crippen LogP contribution < -0.4 is 10.1 Å². The zero-order valence-electron chi connectivity index (χ0n) is 14.1. The van der Waals surface area contributed by atoms with Crippen molar-refractivity contribution in [2.24, 2.45) is 0 Å². The maximum absolute atomic E-state index is 12.4. The fraction of sp³-hybridized carbons (Fsp3) is 0.316. The Morgan fingerprint density at radius 2 is 1.80 bits per heavy atom. The largest absolute Gasteiger partial charge is 0.490 e. The quantitative estimate of drug-likeness (QED) is 0.655. The van der Waals surface area contributed by atoms with Gasteiger partial charge in [0.2, 0.25) is 0 Å². The molecule has 4 nitrogen and oxygen atoms in total. The highest BCUT2D eigenvalue weighted by molar-refractivity contribution is 6.34. The van der Waals surface area contributed by atoms with Gasteiger partial charge in [0.25, 0.3) is 5.91 Å². The number of rotatable bonds is 9. The summed E-state index contributed by atoms with van der Waals surface area (Å²) in [5.41, 5.74) is 1.47. The van der Waals surface area contributed by atoms with Crippen LogP contribution in [0.2, 0.25) is 10.0 Å². The fourth-order valence-corrected chi connectivity index (χ4v) is 2.88. The van der Waals surface area contributed by atoms with E-state index in [1.54, 1.807) is 24.3 Å². The van der Waals surface area contributed by atoms with E-state index in [0.717, 1.165) is 5.56 Å². The van der Waals surface area contributed by atoms with Crippen molar-refractivity contribution in [1.82, 2.24) is 5.32 Å². The van der Waals surface area contributed by atoms with Gasteiger partial charge in [-0.15, -0.1) is 0 Å². The molecular weight excluding hydrogens is 361 g/mol. The van der Waals surface area contributed by atoms with Crippen molar-refractivity contribution in [2.45, 2.75) is 13.3 Å². The predicted octanol–water partition coefficient (Wildman–Crippen LogP) is 4.38. The van der Waals surface area contributed by atoms with Crippen molar-refractivity contribution in [2.75, 3.05) is 26.4 Å². The standard InChI is InChI=1S/C19H21Cl2NO3/c1-2-24-9-10-25-18-6-4-3-5-17(18)19(23)22-8-7-14-11-15(20)13-16(21)12-14/h3-6,11-13H,2,7-10H2,1H3,(H,22,23). The Kier molecular flexibility index (Phi) is 8.06. The van der Waals surface area contributed by atoms with Crippen molar-refractivity contribution in [3.63, 3.8) is 0 Å². The van der Waals surface area contributed by atoms with Crippen LogP contribution in [-0.4, -0.2) is 32.3 Å².